The van der Waals surface area contributed by atoms with E-state index in [-0.39, 0.29) is 34.0 Å². The summed E-state index contributed by atoms with van der Waals surface area (Å²) in [5.74, 6) is -2.52. The van der Waals surface area contributed by atoms with E-state index < -0.39 is 17.3 Å². The lowest BCUT2D eigenvalue weighted by atomic mass is 9.99. The molecule has 0 radical (unpaired) electrons. The van der Waals surface area contributed by atoms with Crippen molar-refractivity contribution in [3.05, 3.63) is 83.9 Å². The third-order valence-electron chi connectivity index (χ3n) is 5.68. The molecule has 0 bridgehead atoms. The molecule has 0 spiro atoms. The summed E-state index contributed by atoms with van der Waals surface area (Å²) in [5, 5.41) is 59.0. The van der Waals surface area contributed by atoms with Gasteiger partial charge in [-0.2, -0.15) is 0 Å². The summed E-state index contributed by atoms with van der Waals surface area (Å²) in [4.78, 5) is 15.7. The number of ketones is 1. The van der Waals surface area contributed by atoms with Crippen molar-refractivity contribution >= 4 is 27.9 Å². The van der Waals surface area contributed by atoms with Crippen molar-refractivity contribution in [2.75, 3.05) is 0 Å². The summed E-state index contributed by atoms with van der Waals surface area (Å²) < 4.78 is 0. The summed E-state index contributed by atoms with van der Waals surface area (Å²) in [7, 11) is 0. The zero-order valence-electron chi connectivity index (χ0n) is 18.3. The molecule has 6 aromatic rings. The largest absolute Gasteiger partial charge is 0.507 e. The van der Waals surface area contributed by atoms with E-state index in [1.165, 1.54) is 12.1 Å². The summed E-state index contributed by atoms with van der Waals surface area (Å²) in [6.07, 6.45) is 0. The number of aromatic nitrogens is 6. The number of phenols is 4. The van der Waals surface area contributed by atoms with Gasteiger partial charge in [0.05, 0.1) is 11.1 Å². The van der Waals surface area contributed by atoms with Crippen LogP contribution < -0.4 is 0 Å². The molecule has 0 fully saturated rings. The first kappa shape index (κ1) is 21.1. The maximum absolute atomic E-state index is 13.4. The molecule has 0 saturated carbocycles. The monoisotopic (exact) mass is 480 g/mol. The van der Waals surface area contributed by atoms with E-state index >= 15 is 0 Å². The molecule has 176 valence electrons. The van der Waals surface area contributed by atoms with Crippen LogP contribution in [0.2, 0.25) is 0 Å². The Hall–Kier alpha value is -5.45. The topological polar surface area (TPSA) is 159 Å². The Morgan fingerprint density at radius 1 is 0.528 bits per heavy atom. The number of rotatable bonds is 4. The Labute approximate surface area is 201 Å². The van der Waals surface area contributed by atoms with Gasteiger partial charge in [-0.1, -0.05) is 24.3 Å². The quantitative estimate of drug-likeness (QED) is 0.278. The molecule has 0 unspecified atom stereocenters. The number of nitrogens with zero attached hydrogens (tertiary/aromatic N) is 6. The number of benzene rings is 4. The van der Waals surface area contributed by atoms with Gasteiger partial charge in [0.25, 0.3) is 0 Å². The predicted molar refractivity (Wildman–Crippen MR) is 128 cm³/mol. The zero-order valence-corrected chi connectivity index (χ0v) is 18.3. The van der Waals surface area contributed by atoms with E-state index in [2.05, 4.69) is 20.4 Å². The maximum atomic E-state index is 13.4. The fourth-order valence-electron chi connectivity index (χ4n) is 3.90. The fourth-order valence-corrected chi connectivity index (χ4v) is 3.90. The van der Waals surface area contributed by atoms with Crippen LogP contribution in [0.1, 0.15) is 15.9 Å². The third kappa shape index (κ3) is 3.34. The van der Waals surface area contributed by atoms with E-state index in [0.29, 0.717) is 22.1 Å². The van der Waals surface area contributed by atoms with Crippen molar-refractivity contribution in [1.82, 2.24) is 30.0 Å². The number of aromatic hydroxyl groups is 4. The minimum atomic E-state index is -0.777. The lowest BCUT2D eigenvalue weighted by Gasteiger charge is -2.11. The van der Waals surface area contributed by atoms with Gasteiger partial charge in [-0.05, 0) is 36.4 Å². The molecular formula is C25H16N6O5. The Kier molecular flexibility index (Phi) is 4.58. The molecule has 4 aromatic carbocycles. The Bertz CT molecular complexity index is 1630. The standard InChI is InChI=1S/C25H16N6O5/c32-21-11-23(34)19(30-26-15-5-1-2-6-16(15)27-30)9-13(21)25(36)14-10-20(24(35)12-22(14)33)31-28-17-7-3-4-8-18(17)29-31/h1-12,32-35H. The van der Waals surface area contributed by atoms with Crippen molar-refractivity contribution < 1.29 is 25.2 Å². The van der Waals surface area contributed by atoms with Crippen LogP contribution >= 0.6 is 0 Å². The molecule has 0 aliphatic heterocycles. The van der Waals surface area contributed by atoms with Gasteiger partial charge in [0, 0.05) is 12.1 Å². The summed E-state index contributed by atoms with van der Waals surface area (Å²) in [6.45, 7) is 0. The number of hydrogen-bond acceptors (Lipinski definition) is 9. The van der Waals surface area contributed by atoms with Gasteiger partial charge in [0.1, 0.15) is 56.4 Å². The van der Waals surface area contributed by atoms with E-state index in [9.17, 15) is 25.2 Å². The second-order valence-corrected chi connectivity index (χ2v) is 8.00. The Balaban J connectivity index is 1.46. The van der Waals surface area contributed by atoms with Gasteiger partial charge >= 0.3 is 0 Å². The van der Waals surface area contributed by atoms with Gasteiger partial charge < -0.3 is 20.4 Å². The normalized spacial score (nSPS) is 11.3. The van der Waals surface area contributed by atoms with Gasteiger partial charge in [-0.25, -0.2) is 0 Å². The maximum Gasteiger partial charge on any atom is 0.200 e. The minimum Gasteiger partial charge on any atom is -0.507 e. The second-order valence-electron chi connectivity index (χ2n) is 8.00. The van der Waals surface area contributed by atoms with Gasteiger partial charge in [0.2, 0.25) is 5.78 Å². The number of phenolic OH excluding ortho intramolecular Hbond substituents is 4. The molecule has 0 aliphatic carbocycles. The zero-order chi connectivity index (χ0) is 25.0. The first-order valence-corrected chi connectivity index (χ1v) is 10.7. The van der Waals surface area contributed by atoms with Crippen molar-refractivity contribution in [2.24, 2.45) is 0 Å². The summed E-state index contributed by atoms with van der Waals surface area (Å²) >= 11 is 0. The molecule has 11 nitrogen and oxygen atoms in total. The highest BCUT2D eigenvalue weighted by Gasteiger charge is 2.24. The highest BCUT2D eigenvalue weighted by Crippen LogP contribution is 2.36. The molecule has 36 heavy (non-hydrogen) atoms. The molecule has 0 aliphatic rings. The van der Waals surface area contributed by atoms with Gasteiger partial charge in [-0.15, -0.1) is 30.0 Å². The summed E-state index contributed by atoms with van der Waals surface area (Å²) in [6, 6.07) is 18.5. The average molecular weight is 480 g/mol. The van der Waals surface area contributed by atoms with Gasteiger partial charge in [0.15, 0.2) is 0 Å². The predicted octanol–water partition coefficient (Wildman–Crippen LogP) is 3.21. The highest BCUT2D eigenvalue weighted by atomic mass is 16.3. The van der Waals surface area contributed by atoms with E-state index in [1.54, 1.807) is 48.5 Å². The molecular weight excluding hydrogens is 464 g/mol. The minimum absolute atomic E-state index is 0.0471. The van der Waals surface area contributed by atoms with Crippen LogP contribution in [0, 0.1) is 0 Å². The van der Waals surface area contributed by atoms with Crippen LogP contribution in [-0.4, -0.2) is 56.2 Å². The lowest BCUT2D eigenvalue weighted by molar-refractivity contribution is 0.103. The molecule has 0 amide bonds. The number of carbonyl (C=O) groups excluding carboxylic acids is 1. The van der Waals surface area contributed by atoms with Gasteiger partial charge in [-0.3, -0.25) is 4.79 Å². The smallest absolute Gasteiger partial charge is 0.200 e. The first-order chi connectivity index (χ1) is 17.4. The lowest BCUT2D eigenvalue weighted by Crippen LogP contribution is -2.08. The van der Waals surface area contributed by atoms with Crippen LogP contribution in [0.25, 0.3) is 33.4 Å². The average Bonchev–Trinajstić information content (AvgIpc) is 3.48. The number of fused-ring (bicyclic) bond motifs is 2. The molecule has 0 saturated heterocycles. The van der Waals surface area contributed by atoms with Crippen molar-refractivity contribution in [1.29, 1.82) is 0 Å². The highest BCUT2D eigenvalue weighted by molar-refractivity contribution is 6.13. The number of hydrogen-bond donors (Lipinski definition) is 4. The molecule has 4 N–H and O–H groups in total. The fraction of sp³-hybridized carbons (Fsp3) is 0. The first-order valence-electron chi connectivity index (χ1n) is 10.7. The summed E-state index contributed by atoms with van der Waals surface area (Å²) in [5.41, 5.74) is 1.91. The SMILES string of the molecule is O=C(c1cc(-n2nc3ccccc3n2)c(O)cc1O)c1cc(-n2nc3ccccc3n2)c(O)cc1O. The Morgan fingerprint density at radius 2 is 0.861 bits per heavy atom. The van der Waals surface area contributed by atoms with E-state index in [0.717, 1.165) is 21.7 Å². The van der Waals surface area contributed by atoms with Crippen LogP contribution in [-0.2, 0) is 0 Å². The van der Waals surface area contributed by atoms with Crippen molar-refractivity contribution in [2.45, 2.75) is 0 Å². The van der Waals surface area contributed by atoms with Crippen LogP contribution in [0.5, 0.6) is 23.0 Å². The van der Waals surface area contributed by atoms with Crippen molar-refractivity contribution in [3.8, 4) is 34.4 Å². The molecule has 6 rings (SSSR count). The number of carbonyl (C=O) groups is 1. The van der Waals surface area contributed by atoms with E-state index in [4.69, 9.17) is 0 Å². The molecule has 0 atom stereocenters. The van der Waals surface area contributed by atoms with E-state index in [1.807, 2.05) is 0 Å². The molecule has 11 heteroatoms. The molecule has 2 heterocycles. The van der Waals surface area contributed by atoms with Crippen LogP contribution in [0.15, 0.2) is 72.8 Å². The van der Waals surface area contributed by atoms with Crippen LogP contribution in [0.3, 0.4) is 0 Å². The van der Waals surface area contributed by atoms with Crippen LogP contribution in [0.4, 0.5) is 0 Å². The third-order valence-corrected chi connectivity index (χ3v) is 5.68. The second kappa shape index (κ2) is 7.81. The Morgan fingerprint density at radius 3 is 1.19 bits per heavy atom. The molecule has 2 aromatic heterocycles. The van der Waals surface area contributed by atoms with Crippen molar-refractivity contribution in [3.63, 3.8) is 0 Å².